The molecular weight excluding hydrogens is 1800 g/mol. The Morgan fingerprint density at radius 3 is 1.30 bits per heavy atom. The number of unbranched alkanes of at least 4 members (excludes halogenated alkanes) is 2. The molecule has 3 amide bonds. The van der Waals surface area contributed by atoms with Crippen molar-refractivity contribution in [2.24, 2.45) is 11.5 Å². The number of hydrogen-bond donors (Lipinski definition) is 10. The predicted octanol–water partition coefficient (Wildman–Crippen LogP) is 9.69. The van der Waals surface area contributed by atoms with Gasteiger partial charge in [-0.2, -0.15) is 5.10 Å². The van der Waals surface area contributed by atoms with Crippen LogP contribution in [-0.4, -0.2) is 194 Å². The number of aromatic hydroxyl groups is 1. The monoisotopic (exact) mass is 1930 g/mol. The Balaban J connectivity index is 0.000000570. The van der Waals surface area contributed by atoms with Gasteiger partial charge < -0.3 is 107 Å². The molecule has 34 nitrogen and oxygen atoms in total. The molecule has 0 unspecified atom stereocenters. The summed E-state index contributed by atoms with van der Waals surface area (Å²) in [7, 11) is 0.917. The molecular formula is C96H129LiN12O22S2Si2. The number of nitrogens with two attached hydrogens (primary N) is 3. The van der Waals surface area contributed by atoms with E-state index in [0.29, 0.717) is 65.3 Å². The Labute approximate surface area is 811 Å². The number of hydrogen-bond acceptors (Lipinski definition) is 31. The molecule has 10 rings (SSSR count). The first-order chi connectivity index (χ1) is 63.1. The van der Waals surface area contributed by atoms with E-state index in [1.165, 1.54) is 50.1 Å². The second-order valence-corrected chi connectivity index (χ2v) is 43.3. The first-order valence-corrected chi connectivity index (χ1v) is 50.7. The SMILES string of the molecule is COC(=O)Cc1cccc(O)c1.COC(=O)Cc1cccc(OCCO[Si](C)(C)C(C)(C)C)c1.COC(=O)Cc1cccc(OCCO[Si](C)(C)C)c1.N/C(=C\C=C(/N)NC(=O)Cc1ccccc1)CCCCc1nnc(N)s1.O.O=C(Cc1ccccc1)Nc1ccc(CCCCc2nnc(NC(=O)Cc3cccc(OCCO)c3)s2)nn1.O=C(O)Cc1cccc(OCCO)c1.[Li+].[OH-]. The van der Waals surface area contributed by atoms with Gasteiger partial charge in [-0.1, -0.05) is 165 Å². The number of aryl methyl sites for hydroxylation is 3. The minimum atomic E-state index is -1.72. The molecule has 7 aromatic carbocycles. The summed E-state index contributed by atoms with van der Waals surface area (Å²) in [5.74, 6) is 1.42. The van der Waals surface area contributed by atoms with Gasteiger partial charge in [0.05, 0.1) is 98.4 Å². The fraction of sp³-hybridized carbons (Fsp3) is 0.365. The van der Waals surface area contributed by atoms with Crippen molar-refractivity contribution in [1.82, 2.24) is 35.9 Å². The maximum absolute atomic E-state index is 12.4. The molecule has 3 heterocycles. The molecule has 0 saturated carbocycles. The largest absolute Gasteiger partial charge is 1.00 e. The van der Waals surface area contributed by atoms with E-state index in [-0.39, 0.29) is 153 Å². The number of esters is 3. The number of aromatic nitrogens is 6. The molecule has 3 aromatic heterocycles. The molecule has 16 N–H and O–H groups in total. The fourth-order valence-corrected chi connectivity index (χ4v) is 14.4. The summed E-state index contributed by atoms with van der Waals surface area (Å²) in [6.45, 7) is 20.0. The zero-order chi connectivity index (χ0) is 96.5. The molecule has 0 bridgehead atoms. The average molecular weight is 1930 g/mol. The molecule has 0 saturated heterocycles. The number of nitrogen functional groups attached to an aromatic ring is 1. The number of methoxy groups -OCH3 is 3. The quantitative estimate of drug-likeness (QED) is 0.00558. The van der Waals surface area contributed by atoms with Crippen molar-refractivity contribution in [1.29, 1.82) is 0 Å². The van der Waals surface area contributed by atoms with Crippen LogP contribution in [0.4, 0.5) is 16.1 Å². The Hall–Kier alpha value is -12.3. The van der Waals surface area contributed by atoms with Gasteiger partial charge in [-0.25, -0.2) is 0 Å². The first kappa shape index (κ1) is 119. The summed E-state index contributed by atoms with van der Waals surface area (Å²) >= 11 is 2.78. The number of carboxylic acids is 1. The van der Waals surface area contributed by atoms with Crippen molar-refractivity contribution in [3.05, 3.63) is 272 Å². The van der Waals surface area contributed by atoms with Gasteiger partial charge in [0.1, 0.15) is 71.0 Å². The molecule has 0 radical (unpaired) electrons. The number of ether oxygens (including phenoxy) is 7. The Kier molecular flexibility index (Phi) is 58.2. The van der Waals surface area contributed by atoms with E-state index >= 15 is 0 Å². The van der Waals surface area contributed by atoms with Gasteiger partial charge in [0.2, 0.25) is 28.0 Å². The predicted molar refractivity (Wildman–Crippen MR) is 521 cm³/mol. The number of phenols is 1. The van der Waals surface area contributed by atoms with Crippen LogP contribution in [0.5, 0.6) is 28.7 Å². The van der Waals surface area contributed by atoms with Crippen LogP contribution in [0.25, 0.3) is 0 Å². The number of aliphatic hydroxyl groups excluding tert-OH is 2. The third-order valence-electron chi connectivity index (χ3n) is 18.7. The number of aliphatic carboxylic acids is 1. The molecule has 10 aromatic rings. The van der Waals surface area contributed by atoms with E-state index in [9.17, 15) is 33.6 Å². The number of carbonyl (C=O) groups excluding carboxylic acids is 6. The molecule has 726 valence electrons. The third-order valence-corrected chi connectivity index (χ3v) is 26.0. The standard InChI is InChI=1S/C28H30N6O4S.C18H24N6OS.C17H28O4Si.C14H22O4Si.C10H12O4.C9H10O3.Li.2H2O/c35-15-16-38-23-11-6-9-21(17-23)19-26(37)30-28-34-33-27(39-28)12-5-4-10-22-13-14-24(32-31-22)29-25(36)18-20-7-2-1-3-8-20;19-14(8-4-5-9-17-23-24-18(21)26-17)10-11-15(20)22-16(25)12-13-6-2-1-3-7-13;1-17(2,3)22(5,6)21-11-10-20-15-9-7-8-14(12-15)13-16(18)19-4;1-16-14(15)11-12-6-5-7-13(10-12)17-8-9-18-19(2,3)4;11-4-5-14-9-3-1-2-8(6-9)7-10(12)13;1-12-9(11)6-7-3-2-4-8(10)5-7;;;/h1-3,6-9,11,13-14,17,35H,4-5,10,12,15-16,18-19H2,(H,29,32,36)(H,30,34,37);1-3,6-7,10-11H,4-5,8-9,12,19-20H2,(H2,21,24)(H,22,25);7-9,12H,10-11,13H2,1-6H3;5-7,10H,8-9,11H2,1-4H3;1-3,6,11H,4-5,7H2,(H,12,13);2-5,10H,6H2,1H3;;2*1H2/q;;;;;;+1;;/p-1/b;14-10-,15-11+;;;;;;;. The van der Waals surface area contributed by atoms with Crippen molar-refractivity contribution in [3.63, 3.8) is 0 Å². The number of nitrogens with zero attached hydrogens (tertiary/aromatic N) is 6. The minimum Gasteiger partial charge on any atom is -0.870 e. The summed E-state index contributed by atoms with van der Waals surface area (Å²) in [4.78, 5) is 80.2. The van der Waals surface area contributed by atoms with Crippen molar-refractivity contribution >= 4 is 97.0 Å². The number of anilines is 3. The van der Waals surface area contributed by atoms with Crippen LogP contribution < -0.4 is 71.0 Å². The number of aliphatic hydroxyl groups is 2. The number of phenolic OH excluding ortho intramolecular Hbond substituents is 1. The van der Waals surface area contributed by atoms with E-state index in [1.54, 1.807) is 72.8 Å². The van der Waals surface area contributed by atoms with Gasteiger partial charge in [-0.15, -0.1) is 25.5 Å². The van der Waals surface area contributed by atoms with Gasteiger partial charge >= 0.3 is 42.7 Å². The number of nitrogens with one attached hydrogen (secondary N) is 3. The fourth-order valence-electron chi connectivity index (χ4n) is 11.2. The number of amides is 3. The maximum atomic E-state index is 12.4. The van der Waals surface area contributed by atoms with Gasteiger partial charge in [0.25, 0.3) is 0 Å². The molecule has 135 heavy (non-hydrogen) atoms. The summed E-state index contributed by atoms with van der Waals surface area (Å²) in [5, 5.41) is 70.5. The van der Waals surface area contributed by atoms with Crippen LogP contribution in [0, 0.1) is 0 Å². The maximum Gasteiger partial charge on any atom is 1.00 e. The van der Waals surface area contributed by atoms with Crippen molar-refractivity contribution < 1.29 is 126 Å². The first-order valence-electron chi connectivity index (χ1n) is 42.8. The van der Waals surface area contributed by atoms with E-state index < -0.39 is 22.6 Å². The zero-order valence-electron chi connectivity index (χ0n) is 78.9. The Morgan fingerprint density at radius 2 is 0.859 bits per heavy atom. The molecule has 0 spiro atoms. The van der Waals surface area contributed by atoms with Gasteiger partial charge in [-0.05, 0) is 200 Å². The number of carbonyl (C=O) groups is 7. The number of carboxylic acid groups (broad SMARTS) is 1. The van der Waals surface area contributed by atoms with E-state index in [4.69, 9.17) is 65.4 Å². The smallest absolute Gasteiger partial charge is 0.870 e. The summed E-state index contributed by atoms with van der Waals surface area (Å²) in [6.07, 6.45) is 11.6. The van der Waals surface area contributed by atoms with E-state index in [1.807, 2.05) is 127 Å². The number of benzene rings is 7. The summed E-state index contributed by atoms with van der Waals surface area (Å²) in [5.41, 5.74) is 24.8. The van der Waals surface area contributed by atoms with E-state index in [2.05, 4.69) is 114 Å². The zero-order valence-corrected chi connectivity index (χ0v) is 82.5. The van der Waals surface area contributed by atoms with Crippen LogP contribution in [-0.2, 0) is 121 Å². The molecule has 0 aliphatic rings. The van der Waals surface area contributed by atoms with Crippen molar-refractivity contribution in [3.8, 4) is 28.7 Å². The van der Waals surface area contributed by atoms with Crippen LogP contribution in [0.1, 0.15) is 108 Å². The topological polar surface area (TPSA) is 536 Å². The Morgan fingerprint density at radius 1 is 0.444 bits per heavy atom. The Bertz CT molecular complexity index is 5190. The summed E-state index contributed by atoms with van der Waals surface area (Å²) < 4.78 is 47.4. The van der Waals surface area contributed by atoms with Gasteiger partial charge in [0, 0.05) is 18.5 Å². The number of allylic oxidation sites excluding steroid dienone is 3. The van der Waals surface area contributed by atoms with Gasteiger partial charge in [-0.3, -0.25) is 33.6 Å². The molecule has 0 aliphatic carbocycles. The molecule has 39 heteroatoms. The molecule has 0 fully saturated rings. The summed E-state index contributed by atoms with van der Waals surface area (Å²) in [6, 6.07) is 58.2. The molecule has 0 atom stereocenters. The van der Waals surface area contributed by atoms with Gasteiger partial charge in [0.15, 0.2) is 22.5 Å². The van der Waals surface area contributed by atoms with E-state index in [0.717, 1.165) is 112 Å². The normalized spacial score (nSPS) is 10.8. The average Bonchev–Trinajstić information content (AvgIpc) is 1.39. The van der Waals surface area contributed by atoms with Crippen LogP contribution in [0.3, 0.4) is 0 Å². The van der Waals surface area contributed by atoms with Crippen molar-refractivity contribution in [2.75, 3.05) is 90.6 Å². The van der Waals surface area contributed by atoms with Crippen LogP contribution in [0.15, 0.2) is 218 Å². The second kappa shape index (κ2) is 66.2. The molecule has 0 aliphatic heterocycles. The number of rotatable bonds is 44. The van der Waals surface area contributed by atoms with Crippen LogP contribution in [0.2, 0.25) is 37.8 Å². The van der Waals surface area contributed by atoms with Crippen molar-refractivity contribution in [2.45, 2.75) is 155 Å². The third kappa shape index (κ3) is 54.0. The van der Waals surface area contributed by atoms with Crippen LogP contribution >= 0.6 is 22.7 Å². The second-order valence-electron chi connectivity index (χ2n) is 31.9. The minimum absolute atomic E-state index is 0.